The molecule has 3 atom stereocenters. The molecule has 2 heterocycles. The standard InChI is InChI=1S/C17H29N3O/c1-17(2,3)14-4-5-15(21)13(10-14)11-19-8-9-20-7-6-18-16(20)12-19/h6-7,13-15,21H,4-5,8-12H2,1-3H3. The van der Waals surface area contributed by atoms with E-state index in [4.69, 9.17) is 0 Å². The fourth-order valence-corrected chi connectivity index (χ4v) is 3.94. The lowest BCUT2D eigenvalue weighted by atomic mass is 9.68. The van der Waals surface area contributed by atoms with Gasteiger partial charge in [-0.05, 0) is 36.5 Å². The molecule has 1 N–H and O–H groups in total. The highest BCUT2D eigenvalue weighted by molar-refractivity contribution is 4.96. The first-order valence-electron chi connectivity index (χ1n) is 8.34. The molecule has 0 amide bonds. The summed E-state index contributed by atoms with van der Waals surface area (Å²) in [5.41, 5.74) is 0.358. The summed E-state index contributed by atoms with van der Waals surface area (Å²) in [4.78, 5) is 6.91. The lowest BCUT2D eigenvalue weighted by Gasteiger charge is -2.42. The minimum atomic E-state index is -0.120. The number of aromatic nitrogens is 2. The van der Waals surface area contributed by atoms with E-state index in [1.807, 2.05) is 6.20 Å². The average molecular weight is 291 g/mol. The maximum atomic E-state index is 10.4. The summed E-state index contributed by atoms with van der Waals surface area (Å²) in [5, 5.41) is 10.4. The highest BCUT2D eigenvalue weighted by Gasteiger charge is 2.36. The molecule has 118 valence electrons. The molecule has 0 aromatic carbocycles. The Morgan fingerprint density at radius 3 is 2.86 bits per heavy atom. The number of hydrogen-bond acceptors (Lipinski definition) is 3. The third kappa shape index (κ3) is 3.32. The number of aliphatic hydroxyl groups excluding tert-OH is 1. The molecule has 0 saturated heterocycles. The Morgan fingerprint density at radius 2 is 2.10 bits per heavy atom. The average Bonchev–Trinajstić information content (AvgIpc) is 2.87. The van der Waals surface area contributed by atoms with Crippen LogP contribution in [0.1, 0.15) is 45.9 Å². The second-order valence-corrected chi connectivity index (χ2v) is 7.98. The van der Waals surface area contributed by atoms with Gasteiger partial charge in [0, 0.05) is 32.0 Å². The predicted molar refractivity (Wildman–Crippen MR) is 83.8 cm³/mol. The van der Waals surface area contributed by atoms with Crippen molar-refractivity contribution < 1.29 is 5.11 Å². The van der Waals surface area contributed by atoms with E-state index in [1.165, 1.54) is 12.2 Å². The first-order chi connectivity index (χ1) is 9.93. The largest absolute Gasteiger partial charge is 0.393 e. The zero-order valence-corrected chi connectivity index (χ0v) is 13.6. The van der Waals surface area contributed by atoms with Gasteiger partial charge in [0.2, 0.25) is 0 Å². The summed E-state index contributed by atoms with van der Waals surface area (Å²) in [5.74, 6) is 2.32. The van der Waals surface area contributed by atoms with Crippen LogP contribution in [-0.2, 0) is 13.1 Å². The number of imidazole rings is 1. The van der Waals surface area contributed by atoms with Gasteiger partial charge in [-0.2, -0.15) is 0 Å². The van der Waals surface area contributed by atoms with Crippen molar-refractivity contribution >= 4 is 0 Å². The second-order valence-electron chi connectivity index (χ2n) is 7.98. The Balaban J connectivity index is 1.61. The zero-order valence-electron chi connectivity index (χ0n) is 13.6. The summed E-state index contributed by atoms with van der Waals surface area (Å²) in [6.07, 6.45) is 7.14. The SMILES string of the molecule is CC(C)(C)C1CCC(O)C(CN2CCn3ccnc3C2)C1. The molecule has 1 aliphatic heterocycles. The normalized spacial score (nSPS) is 31.1. The van der Waals surface area contributed by atoms with E-state index in [-0.39, 0.29) is 6.10 Å². The monoisotopic (exact) mass is 291 g/mol. The van der Waals surface area contributed by atoms with E-state index >= 15 is 0 Å². The van der Waals surface area contributed by atoms with E-state index in [9.17, 15) is 5.11 Å². The lowest BCUT2D eigenvalue weighted by Crippen LogP contribution is -2.43. The minimum absolute atomic E-state index is 0.120. The van der Waals surface area contributed by atoms with Crippen molar-refractivity contribution in [1.29, 1.82) is 0 Å². The van der Waals surface area contributed by atoms with E-state index in [2.05, 4.69) is 41.4 Å². The molecule has 4 heteroatoms. The summed E-state index contributed by atoms with van der Waals surface area (Å²) in [6.45, 7) is 11.1. The molecular formula is C17H29N3O. The van der Waals surface area contributed by atoms with Crippen LogP contribution in [-0.4, -0.2) is 38.8 Å². The number of fused-ring (bicyclic) bond motifs is 1. The van der Waals surface area contributed by atoms with Crippen LogP contribution in [0.15, 0.2) is 12.4 Å². The van der Waals surface area contributed by atoms with Gasteiger partial charge in [-0.1, -0.05) is 20.8 Å². The smallest absolute Gasteiger partial charge is 0.122 e. The lowest BCUT2D eigenvalue weighted by molar-refractivity contribution is -0.000624. The molecule has 1 aromatic rings. The van der Waals surface area contributed by atoms with Crippen molar-refractivity contribution in [3.63, 3.8) is 0 Å². The van der Waals surface area contributed by atoms with Gasteiger partial charge in [-0.3, -0.25) is 4.90 Å². The van der Waals surface area contributed by atoms with Crippen LogP contribution in [0.3, 0.4) is 0 Å². The van der Waals surface area contributed by atoms with Crippen LogP contribution < -0.4 is 0 Å². The third-order valence-electron chi connectivity index (χ3n) is 5.48. The summed E-state index contributed by atoms with van der Waals surface area (Å²) < 4.78 is 2.24. The third-order valence-corrected chi connectivity index (χ3v) is 5.48. The molecule has 21 heavy (non-hydrogen) atoms. The Hall–Kier alpha value is -0.870. The molecule has 1 saturated carbocycles. The predicted octanol–water partition coefficient (Wildman–Crippen LogP) is 2.52. The van der Waals surface area contributed by atoms with Gasteiger partial charge in [-0.15, -0.1) is 0 Å². The van der Waals surface area contributed by atoms with E-state index in [0.717, 1.165) is 44.9 Å². The van der Waals surface area contributed by atoms with E-state index < -0.39 is 0 Å². The van der Waals surface area contributed by atoms with Crippen molar-refractivity contribution in [2.45, 2.75) is 59.2 Å². The first kappa shape index (κ1) is 15.0. The van der Waals surface area contributed by atoms with Crippen LogP contribution in [0.2, 0.25) is 0 Å². The molecule has 0 bridgehead atoms. The summed E-state index contributed by atoms with van der Waals surface area (Å²) in [6, 6.07) is 0. The molecule has 0 spiro atoms. The summed E-state index contributed by atoms with van der Waals surface area (Å²) >= 11 is 0. The highest BCUT2D eigenvalue weighted by atomic mass is 16.3. The van der Waals surface area contributed by atoms with Crippen LogP contribution >= 0.6 is 0 Å². The van der Waals surface area contributed by atoms with Crippen molar-refractivity contribution in [3.05, 3.63) is 18.2 Å². The molecule has 3 rings (SSSR count). The van der Waals surface area contributed by atoms with E-state index in [0.29, 0.717) is 11.3 Å². The van der Waals surface area contributed by atoms with Crippen LogP contribution in [0.4, 0.5) is 0 Å². The van der Waals surface area contributed by atoms with Crippen LogP contribution in [0, 0.1) is 17.3 Å². The number of hydrogen-bond donors (Lipinski definition) is 1. The molecule has 2 aliphatic rings. The van der Waals surface area contributed by atoms with Crippen molar-refractivity contribution in [1.82, 2.24) is 14.5 Å². The van der Waals surface area contributed by atoms with Gasteiger partial charge < -0.3 is 9.67 Å². The minimum Gasteiger partial charge on any atom is -0.393 e. The molecule has 3 unspecified atom stereocenters. The van der Waals surface area contributed by atoms with Gasteiger partial charge in [0.1, 0.15) is 5.82 Å². The number of nitrogens with zero attached hydrogens (tertiary/aromatic N) is 3. The Kier molecular flexibility index (Phi) is 4.10. The highest BCUT2D eigenvalue weighted by Crippen LogP contribution is 2.40. The second kappa shape index (κ2) is 5.73. The molecule has 1 aromatic heterocycles. The van der Waals surface area contributed by atoms with Gasteiger partial charge in [0.25, 0.3) is 0 Å². The van der Waals surface area contributed by atoms with Gasteiger partial charge in [-0.25, -0.2) is 4.98 Å². The quantitative estimate of drug-likeness (QED) is 0.910. The van der Waals surface area contributed by atoms with Gasteiger partial charge in [0.05, 0.1) is 12.6 Å². The fraction of sp³-hybridized carbons (Fsp3) is 0.824. The first-order valence-corrected chi connectivity index (χ1v) is 8.34. The Morgan fingerprint density at radius 1 is 1.29 bits per heavy atom. The van der Waals surface area contributed by atoms with Gasteiger partial charge >= 0.3 is 0 Å². The summed E-state index contributed by atoms with van der Waals surface area (Å²) in [7, 11) is 0. The van der Waals surface area contributed by atoms with Gasteiger partial charge in [0.15, 0.2) is 0 Å². The molecule has 1 aliphatic carbocycles. The number of rotatable bonds is 2. The number of aliphatic hydroxyl groups is 1. The Labute approximate surface area is 128 Å². The molecule has 1 fully saturated rings. The van der Waals surface area contributed by atoms with E-state index in [1.54, 1.807) is 0 Å². The van der Waals surface area contributed by atoms with Crippen LogP contribution in [0.25, 0.3) is 0 Å². The maximum Gasteiger partial charge on any atom is 0.122 e. The fourth-order valence-electron chi connectivity index (χ4n) is 3.94. The van der Waals surface area contributed by atoms with Crippen molar-refractivity contribution in [2.24, 2.45) is 17.3 Å². The molecular weight excluding hydrogens is 262 g/mol. The maximum absolute atomic E-state index is 10.4. The van der Waals surface area contributed by atoms with Crippen molar-refractivity contribution in [2.75, 3.05) is 13.1 Å². The zero-order chi connectivity index (χ0) is 15.0. The Bertz CT molecular complexity index is 477. The van der Waals surface area contributed by atoms with Crippen LogP contribution in [0.5, 0.6) is 0 Å². The molecule has 0 radical (unpaired) electrons. The molecule has 4 nitrogen and oxygen atoms in total. The topological polar surface area (TPSA) is 41.3 Å². The van der Waals surface area contributed by atoms with Crippen molar-refractivity contribution in [3.8, 4) is 0 Å².